The number of methoxy groups -OCH3 is 2. The van der Waals surface area contributed by atoms with E-state index in [1.165, 1.54) is 42.9 Å². The fourth-order valence-electron chi connectivity index (χ4n) is 5.60. The zero-order valence-corrected chi connectivity index (χ0v) is 26.9. The number of amidine groups is 1. The summed E-state index contributed by atoms with van der Waals surface area (Å²) >= 11 is 7.54. The number of carbonyl (C=O) groups excluding carboxylic acids is 2. The van der Waals surface area contributed by atoms with E-state index in [9.17, 15) is 26.8 Å². The number of carbonyl (C=O) groups is 2. The van der Waals surface area contributed by atoms with Crippen LogP contribution < -0.4 is 5.32 Å². The Morgan fingerprint density at radius 2 is 1.91 bits per heavy atom. The number of aliphatic imine (C=N–C) groups is 1. The van der Waals surface area contributed by atoms with E-state index in [1.807, 2.05) is 0 Å². The maximum Gasteiger partial charge on any atom is 0.338 e. The standard InChI is InChI=1S/C28H33ClF2N4O7S2/c1-15(36)42-18(14-40-2)13-35(44(4,38)39)17-7-5-16(6-8-17)24-21(28(37)41-3)25(19-9-10-20(30)23(31)22(19)29)34-26(33-24)27-32-11-12-43-27/h9-12,16-18,25H,5-8,13-14H2,1-4H3,(H,33,34). The van der Waals surface area contributed by atoms with Crippen LogP contribution in [0.25, 0.3) is 0 Å². The molecule has 2 heterocycles. The van der Waals surface area contributed by atoms with Gasteiger partial charge >= 0.3 is 11.9 Å². The predicted octanol–water partition coefficient (Wildman–Crippen LogP) is 3.99. The van der Waals surface area contributed by atoms with Gasteiger partial charge in [0.05, 0.1) is 37.1 Å². The molecule has 1 aromatic carbocycles. The van der Waals surface area contributed by atoms with Gasteiger partial charge < -0.3 is 19.5 Å². The first kappa shape index (κ1) is 33.9. The van der Waals surface area contributed by atoms with Crippen LogP contribution in [0.15, 0.2) is 40.0 Å². The van der Waals surface area contributed by atoms with Gasteiger partial charge in [-0.15, -0.1) is 11.3 Å². The third-order valence-electron chi connectivity index (χ3n) is 7.48. The van der Waals surface area contributed by atoms with E-state index >= 15 is 0 Å². The molecule has 1 aliphatic carbocycles. The Morgan fingerprint density at radius 1 is 1.20 bits per heavy atom. The van der Waals surface area contributed by atoms with Gasteiger partial charge in [0.1, 0.15) is 12.1 Å². The summed E-state index contributed by atoms with van der Waals surface area (Å²) in [6.07, 6.45) is 3.62. The molecule has 0 saturated heterocycles. The van der Waals surface area contributed by atoms with Crippen molar-refractivity contribution in [1.29, 1.82) is 0 Å². The average Bonchev–Trinajstić information content (AvgIpc) is 3.52. The van der Waals surface area contributed by atoms with E-state index in [-0.39, 0.29) is 30.2 Å². The number of nitrogens with zero attached hydrogens (tertiary/aromatic N) is 3. The van der Waals surface area contributed by atoms with Gasteiger partial charge in [0.25, 0.3) is 0 Å². The number of benzene rings is 1. The quantitative estimate of drug-likeness (QED) is 0.277. The monoisotopic (exact) mass is 674 g/mol. The van der Waals surface area contributed by atoms with Gasteiger partial charge in [0, 0.05) is 42.9 Å². The van der Waals surface area contributed by atoms with Gasteiger partial charge in [-0.25, -0.2) is 27.0 Å². The van der Waals surface area contributed by atoms with Crippen molar-refractivity contribution >= 4 is 50.7 Å². The van der Waals surface area contributed by atoms with Crippen LogP contribution >= 0.6 is 22.9 Å². The molecule has 0 radical (unpaired) electrons. The molecule has 1 saturated carbocycles. The Kier molecular flexibility index (Phi) is 11.1. The van der Waals surface area contributed by atoms with Crippen molar-refractivity contribution in [1.82, 2.24) is 14.6 Å². The van der Waals surface area contributed by atoms with E-state index in [0.29, 0.717) is 42.2 Å². The van der Waals surface area contributed by atoms with Crippen molar-refractivity contribution in [3.05, 3.63) is 62.2 Å². The topological polar surface area (TPSA) is 136 Å². The molecular formula is C28H33ClF2N4O7S2. The van der Waals surface area contributed by atoms with Crippen molar-refractivity contribution in [2.45, 2.75) is 50.8 Å². The van der Waals surface area contributed by atoms with Gasteiger partial charge in [-0.2, -0.15) is 4.31 Å². The molecule has 2 atom stereocenters. The molecule has 1 aliphatic heterocycles. The van der Waals surface area contributed by atoms with Gasteiger partial charge in [0.2, 0.25) is 10.0 Å². The summed E-state index contributed by atoms with van der Waals surface area (Å²) < 4.78 is 71.1. The minimum Gasteiger partial charge on any atom is -0.466 e. The lowest BCUT2D eigenvalue weighted by atomic mass is 9.80. The van der Waals surface area contributed by atoms with Crippen molar-refractivity contribution in [3.63, 3.8) is 0 Å². The zero-order chi connectivity index (χ0) is 32.2. The molecule has 0 spiro atoms. The van der Waals surface area contributed by atoms with Crippen LogP contribution in [-0.2, 0) is 33.8 Å². The summed E-state index contributed by atoms with van der Waals surface area (Å²) in [7, 11) is -1.07. The highest BCUT2D eigenvalue weighted by atomic mass is 35.5. The fraction of sp³-hybridized carbons (Fsp3) is 0.500. The molecule has 2 aliphatic rings. The first-order valence-electron chi connectivity index (χ1n) is 13.7. The molecule has 11 nitrogen and oxygen atoms in total. The first-order chi connectivity index (χ1) is 20.8. The number of esters is 2. The average molecular weight is 675 g/mol. The second-order valence-electron chi connectivity index (χ2n) is 10.5. The number of aromatic nitrogens is 1. The number of halogens is 3. The van der Waals surface area contributed by atoms with E-state index in [0.717, 1.165) is 12.3 Å². The molecule has 44 heavy (non-hydrogen) atoms. The van der Waals surface area contributed by atoms with Crippen LogP contribution in [0.2, 0.25) is 5.02 Å². The summed E-state index contributed by atoms with van der Waals surface area (Å²) in [4.78, 5) is 33.9. The molecule has 0 bridgehead atoms. The molecule has 1 aromatic heterocycles. The third kappa shape index (κ3) is 7.62. The number of hydrogen-bond acceptors (Lipinski definition) is 11. The number of rotatable bonds is 11. The molecule has 1 N–H and O–H groups in total. The Balaban J connectivity index is 1.70. The first-order valence-corrected chi connectivity index (χ1v) is 16.8. The minimum atomic E-state index is -3.70. The van der Waals surface area contributed by atoms with E-state index in [4.69, 9.17) is 25.8 Å². The lowest BCUT2D eigenvalue weighted by Gasteiger charge is -2.39. The number of hydrogen-bond donors (Lipinski definition) is 1. The normalized spacial score (nSPS) is 21.5. The Bertz CT molecular complexity index is 1540. The molecule has 4 rings (SSSR count). The predicted molar refractivity (Wildman–Crippen MR) is 160 cm³/mol. The van der Waals surface area contributed by atoms with Crippen LogP contribution in [0.4, 0.5) is 8.78 Å². The summed E-state index contributed by atoms with van der Waals surface area (Å²) in [5.74, 6) is -3.66. The van der Waals surface area contributed by atoms with Crippen molar-refractivity contribution in [2.24, 2.45) is 10.9 Å². The Labute approximate surface area is 263 Å². The lowest BCUT2D eigenvalue weighted by molar-refractivity contribution is -0.149. The van der Waals surface area contributed by atoms with Crippen LogP contribution in [-0.4, -0.2) is 81.3 Å². The highest BCUT2D eigenvalue weighted by Crippen LogP contribution is 2.42. The summed E-state index contributed by atoms with van der Waals surface area (Å²) in [5, 5.41) is 4.98. The molecule has 240 valence electrons. The second kappa shape index (κ2) is 14.4. The maximum absolute atomic E-state index is 14.6. The Hall–Kier alpha value is -2.98. The highest BCUT2D eigenvalue weighted by molar-refractivity contribution is 7.88. The number of ether oxygens (including phenoxy) is 3. The van der Waals surface area contributed by atoms with Gasteiger partial charge in [-0.1, -0.05) is 17.7 Å². The molecule has 1 fully saturated rings. The van der Waals surface area contributed by atoms with Crippen LogP contribution in [0.3, 0.4) is 0 Å². The van der Waals surface area contributed by atoms with Gasteiger partial charge in [-0.05, 0) is 37.7 Å². The van der Waals surface area contributed by atoms with Crippen LogP contribution in [0.1, 0.15) is 49.2 Å². The van der Waals surface area contributed by atoms with Crippen molar-refractivity contribution in [2.75, 3.05) is 33.6 Å². The number of nitrogens with one attached hydrogen (secondary N) is 1. The number of sulfonamides is 1. The molecule has 2 unspecified atom stereocenters. The number of allylic oxidation sites excluding steroid dienone is 1. The summed E-state index contributed by atoms with van der Waals surface area (Å²) in [5.41, 5.74) is 0.620. The molecule has 2 aromatic rings. The molecule has 0 amide bonds. The fourth-order valence-corrected chi connectivity index (χ4v) is 7.63. The largest absolute Gasteiger partial charge is 0.466 e. The third-order valence-corrected chi connectivity index (χ3v) is 9.94. The van der Waals surface area contributed by atoms with Crippen molar-refractivity contribution in [3.8, 4) is 0 Å². The van der Waals surface area contributed by atoms with E-state index in [1.54, 1.807) is 11.6 Å². The lowest BCUT2D eigenvalue weighted by Crippen LogP contribution is -2.48. The summed E-state index contributed by atoms with van der Waals surface area (Å²) in [6, 6.07) is 0.652. The number of thiazole rings is 1. The highest BCUT2D eigenvalue weighted by Gasteiger charge is 2.40. The SMILES string of the molecule is COCC(CN(C1CCC(C2=C(C(=O)OC)C(c3ccc(F)c(F)c3Cl)N=C(c3nccs3)N2)CC1)S(C)(=O)=O)OC(C)=O. The van der Waals surface area contributed by atoms with Crippen LogP contribution in [0.5, 0.6) is 0 Å². The van der Waals surface area contributed by atoms with Gasteiger partial charge in [-0.3, -0.25) is 9.79 Å². The molecular weight excluding hydrogens is 642 g/mol. The Morgan fingerprint density at radius 3 is 2.48 bits per heavy atom. The zero-order valence-electron chi connectivity index (χ0n) is 24.5. The molecule has 16 heteroatoms. The second-order valence-corrected chi connectivity index (χ2v) is 13.7. The van der Waals surface area contributed by atoms with Crippen LogP contribution in [0, 0.1) is 17.6 Å². The summed E-state index contributed by atoms with van der Waals surface area (Å²) in [6.45, 7) is 1.19. The van der Waals surface area contributed by atoms with E-state index in [2.05, 4.69) is 15.3 Å². The minimum absolute atomic E-state index is 0.0209. The smallest absolute Gasteiger partial charge is 0.338 e. The van der Waals surface area contributed by atoms with Crippen molar-refractivity contribution < 1.29 is 41.0 Å². The maximum atomic E-state index is 14.6. The van der Waals surface area contributed by atoms with Gasteiger partial charge in [0.15, 0.2) is 22.5 Å². The van der Waals surface area contributed by atoms with E-state index < -0.39 is 56.8 Å².